The van der Waals surface area contributed by atoms with Gasteiger partial charge in [-0.3, -0.25) is 4.79 Å². The summed E-state index contributed by atoms with van der Waals surface area (Å²) in [6, 6.07) is 5.86. The lowest BCUT2D eigenvalue weighted by Crippen LogP contribution is -2.40. The van der Waals surface area contributed by atoms with Crippen LogP contribution < -0.4 is 10.6 Å². The number of aromatic nitrogens is 2. The maximum Gasteiger partial charge on any atom is 0.433 e. The molecule has 0 radical (unpaired) electrons. The maximum absolute atomic E-state index is 13.3. The van der Waals surface area contributed by atoms with E-state index in [4.69, 9.17) is 5.26 Å². The van der Waals surface area contributed by atoms with Crippen molar-refractivity contribution in [3.8, 4) is 6.07 Å². The highest BCUT2D eigenvalue weighted by molar-refractivity contribution is 5.94. The van der Waals surface area contributed by atoms with Crippen molar-refractivity contribution in [2.75, 3.05) is 5.32 Å². The lowest BCUT2D eigenvalue weighted by atomic mass is 9.90. The number of nitrogens with zero attached hydrogens (tertiary/aromatic N) is 3. The first-order valence-corrected chi connectivity index (χ1v) is 10.5. The molecule has 1 amide bonds. The molecule has 1 fully saturated rings. The average Bonchev–Trinajstić information content (AvgIpc) is 2.80. The molecular weight excluding hydrogens is 431 g/mol. The van der Waals surface area contributed by atoms with Crippen LogP contribution in [-0.2, 0) is 6.18 Å². The van der Waals surface area contributed by atoms with E-state index in [0.29, 0.717) is 42.5 Å². The third-order valence-electron chi connectivity index (χ3n) is 5.55. The van der Waals surface area contributed by atoms with Gasteiger partial charge in [-0.2, -0.15) is 18.4 Å². The Morgan fingerprint density at radius 1 is 1.24 bits per heavy atom. The molecule has 0 saturated heterocycles. The average molecular weight is 455 g/mol. The van der Waals surface area contributed by atoms with Gasteiger partial charge in [0.1, 0.15) is 17.5 Å². The first-order valence-electron chi connectivity index (χ1n) is 10.5. The van der Waals surface area contributed by atoms with Crippen LogP contribution in [0.5, 0.6) is 0 Å². The Morgan fingerprint density at radius 2 is 1.94 bits per heavy atom. The second-order valence-electron chi connectivity index (χ2n) is 7.87. The first kappa shape index (κ1) is 24.0. The SMILES string of the molecule is C=C/C=C\c1nc(C(F)(F)F)cc(NC2CCC(NC(=O)c3ccnc(C#N)c3)CC2)c1C. The molecule has 1 aliphatic rings. The van der Waals surface area contributed by atoms with Crippen LogP contribution >= 0.6 is 0 Å². The topological polar surface area (TPSA) is 90.7 Å². The summed E-state index contributed by atoms with van der Waals surface area (Å²) in [5, 5.41) is 15.1. The Bertz CT molecular complexity index is 1100. The molecule has 0 atom stereocenters. The van der Waals surface area contributed by atoms with Crippen LogP contribution in [0.2, 0.25) is 0 Å². The number of hydrogen-bond acceptors (Lipinski definition) is 5. The molecule has 33 heavy (non-hydrogen) atoms. The number of carbonyl (C=O) groups is 1. The van der Waals surface area contributed by atoms with E-state index in [0.717, 1.165) is 6.07 Å². The maximum atomic E-state index is 13.3. The fourth-order valence-corrected chi connectivity index (χ4v) is 3.75. The van der Waals surface area contributed by atoms with Gasteiger partial charge in [0, 0.05) is 29.5 Å². The highest BCUT2D eigenvalue weighted by Gasteiger charge is 2.34. The Labute approximate surface area is 190 Å². The van der Waals surface area contributed by atoms with Gasteiger partial charge in [-0.25, -0.2) is 9.97 Å². The highest BCUT2D eigenvalue weighted by atomic mass is 19.4. The summed E-state index contributed by atoms with van der Waals surface area (Å²) in [5.41, 5.74) is 0.853. The number of pyridine rings is 2. The molecule has 0 aromatic carbocycles. The minimum absolute atomic E-state index is 0.0253. The van der Waals surface area contributed by atoms with Crippen LogP contribution in [0, 0.1) is 18.3 Å². The zero-order valence-corrected chi connectivity index (χ0v) is 18.1. The van der Waals surface area contributed by atoms with Crippen LogP contribution in [0.3, 0.4) is 0 Å². The molecule has 9 heteroatoms. The van der Waals surface area contributed by atoms with Gasteiger partial charge in [0.05, 0.1) is 5.69 Å². The second-order valence-corrected chi connectivity index (χ2v) is 7.87. The molecule has 1 aliphatic carbocycles. The van der Waals surface area contributed by atoms with Crippen molar-refractivity contribution in [1.82, 2.24) is 15.3 Å². The number of alkyl halides is 3. The summed E-state index contributed by atoms with van der Waals surface area (Å²) in [5.74, 6) is -0.274. The fourth-order valence-electron chi connectivity index (χ4n) is 3.75. The summed E-state index contributed by atoms with van der Waals surface area (Å²) in [6.45, 7) is 5.28. The molecule has 2 aromatic rings. The molecule has 2 N–H and O–H groups in total. The monoisotopic (exact) mass is 455 g/mol. The van der Waals surface area contributed by atoms with Gasteiger partial charge in [-0.15, -0.1) is 0 Å². The third-order valence-corrected chi connectivity index (χ3v) is 5.55. The van der Waals surface area contributed by atoms with E-state index in [9.17, 15) is 18.0 Å². The first-order chi connectivity index (χ1) is 15.7. The largest absolute Gasteiger partial charge is 0.433 e. The van der Waals surface area contributed by atoms with Gasteiger partial charge >= 0.3 is 6.18 Å². The Hall–Kier alpha value is -3.67. The van der Waals surface area contributed by atoms with Gasteiger partial charge in [0.2, 0.25) is 0 Å². The minimum atomic E-state index is -4.55. The highest BCUT2D eigenvalue weighted by Crippen LogP contribution is 2.33. The van der Waals surface area contributed by atoms with E-state index < -0.39 is 11.9 Å². The number of nitrogens with one attached hydrogen (secondary N) is 2. The minimum Gasteiger partial charge on any atom is -0.382 e. The van der Waals surface area contributed by atoms with Crippen LogP contribution in [0.4, 0.5) is 18.9 Å². The van der Waals surface area contributed by atoms with Crippen molar-refractivity contribution in [3.05, 3.63) is 71.3 Å². The van der Waals surface area contributed by atoms with Gasteiger partial charge in [-0.1, -0.05) is 18.7 Å². The zero-order valence-electron chi connectivity index (χ0n) is 18.1. The number of hydrogen-bond donors (Lipinski definition) is 2. The number of allylic oxidation sites excluding steroid dienone is 2. The van der Waals surface area contributed by atoms with E-state index in [1.54, 1.807) is 19.1 Å². The van der Waals surface area contributed by atoms with Crippen LogP contribution in [0.1, 0.15) is 58.7 Å². The number of halogens is 3. The lowest BCUT2D eigenvalue weighted by Gasteiger charge is -2.31. The van der Waals surface area contributed by atoms with Crippen molar-refractivity contribution in [3.63, 3.8) is 0 Å². The van der Waals surface area contributed by atoms with Gasteiger partial charge in [0.25, 0.3) is 5.91 Å². The Morgan fingerprint density at radius 3 is 2.58 bits per heavy atom. The number of anilines is 1. The van der Waals surface area contributed by atoms with Crippen molar-refractivity contribution in [2.24, 2.45) is 0 Å². The van der Waals surface area contributed by atoms with E-state index >= 15 is 0 Å². The van der Waals surface area contributed by atoms with Crippen LogP contribution in [-0.4, -0.2) is 28.0 Å². The van der Waals surface area contributed by atoms with E-state index in [1.165, 1.54) is 24.4 Å². The molecule has 2 aromatic heterocycles. The quantitative estimate of drug-likeness (QED) is 0.597. The molecule has 0 bridgehead atoms. The second kappa shape index (κ2) is 10.3. The number of nitriles is 1. The zero-order chi connectivity index (χ0) is 24.0. The summed E-state index contributed by atoms with van der Waals surface area (Å²) in [6.07, 6.45) is 4.13. The number of amides is 1. The van der Waals surface area contributed by atoms with E-state index in [2.05, 4.69) is 27.2 Å². The van der Waals surface area contributed by atoms with Crippen molar-refractivity contribution in [1.29, 1.82) is 5.26 Å². The van der Waals surface area contributed by atoms with E-state index in [-0.39, 0.29) is 29.4 Å². The number of rotatable bonds is 6. The van der Waals surface area contributed by atoms with Gasteiger partial charge in [0.15, 0.2) is 0 Å². The number of carbonyl (C=O) groups excluding carboxylic acids is 1. The third kappa shape index (κ3) is 6.19. The molecule has 0 aliphatic heterocycles. The lowest BCUT2D eigenvalue weighted by molar-refractivity contribution is -0.141. The molecule has 1 saturated carbocycles. The van der Waals surface area contributed by atoms with Crippen molar-refractivity contribution >= 4 is 17.7 Å². The summed E-state index contributed by atoms with van der Waals surface area (Å²) >= 11 is 0. The van der Waals surface area contributed by atoms with Crippen molar-refractivity contribution < 1.29 is 18.0 Å². The molecular formula is C24H24F3N5O. The van der Waals surface area contributed by atoms with Crippen LogP contribution in [0.25, 0.3) is 6.08 Å². The molecule has 172 valence electrons. The van der Waals surface area contributed by atoms with Crippen molar-refractivity contribution in [2.45, 2.75) is 50.9 Å². The normalized spacial score (nSPS) is 18.5. The smallest absolute Gasteiger partial charge is 0.382 e. The summed E-state index contributed by atoms with van der Waals surface area (Å²) in [4.78, 5) is 20.1. The predicted molar refractivity (Wildman–Crippen MR) is 119 cm³/mol. The van der Waals surface area contributed by atoms with E-state index in [1.807, 2.05) is 6.07 Å². The molecule has 0 spiro atoms. The molecule has 3 rings (SSSR count). The van der Waals surface area contributed by atoms with Crippen LogP contribution in [0.15, 0.2) is 43.1 Å². The molecule has 0 unspecified atom stereocenters. The fraction of sp³-hybridized carbons (Fsp3) is 0.333. The standard InChI is InChI=1S/C24H24F3N5O/c1-3-4-5-20-15(2)21(13-22(32-20)24(25,26)27)30-17-6-8-18(9-7-17)31-23(33)16-10-11-29-19(12-16)14-28/h3-5,10-13,17-18H,1,6-9H2,2H3,(H,30,32)(H,31,33)/b5-4-. The molecule has 6 nitrogen and oxygen atoms in total. The van der Waals surface area contributed by atoms with Gasteiger partial charge < -0.3 is 10.6 Å². The Balaban J connectivity index is 1.65. The molecule has 2 heterocycles. The summed E-state index contributed by atoms with van der Waals surface area (Å²) < 4.78 is 40.0. The van der Waals surface area contributed by atoms with Gasteiger partial charge in [-0.05, 0) is 62.4 Å². The Kier molecular flexibility index (Phi) is 7.48. The predicted octanol–water partition coefficient (Wildman–Crippen LogP) is 5.03. The summed E-state index contributed by atoms with van der Waals surface area (Å²) in [7, 11) is 0.